The van der Waals surface area contributed by atoms with E-state index in [1.54, 1.807) is 24.3 Å². The molecule has 0 amide bonds. The molecule has 4 aromatic rings. The smallest absolute Gasteiger partial charge is 0.264 e. The van der Waals surface area contributed by atoms with E-state index in [4.69, 9.17) is 16.3 Å². The molecule has 0 radical (unpaired) electrons. The van der Waals surface area contributed by atoms with Gasteiger partial charge in [-0.2, -0.15) is 10.1 Å². The normalized spacial score (nSPS) is 11.8. The summed E-state index contributed by atoms with van der Waals surface area (Å²) >= 11 is 5.84. The monoisotopic (exact) mass is 532 g/mol. The Morgan fingerprint density at radius 2 is 1.86 bits per heavy atom. The van der Waals surface area contributed by atoms with Gasteiger partial charge in [0, 0.05) is 16.3 Å². The van der Waals surface area contributed by atoms with E-state index in [-0.39, 0.29) is 10.7 Å². The number of hydrogen-bond acceptors (Lipinski definition) is 7. The summed E-state index contributed by atoms with van der Waals surface area (Å²) in [5, 5.41) is 7.96. The highest BCUT2D eigenvalue weighted by Crippen LogP contribution is 2.29. The predicted molar refractivity (Wildman–Crippen MR) is 137 cm³/mol. The summed E-state index contributed by atoms with van der Waals surface area (Å²) in [5.74, 6) is -0.0636. The lowest BCUT2D eigenvalue weighted by molar-refractivity contribution is 0.287. The third-order valence-electron chi connectivity index (χ3n) is 5.38. The lowest BCUT2D eigenvalue weighted by Crippen LogP contribution is -2.14. The van der Waals surface area contributed by atoms with Gasteiger partial charge in [0.1, 0.15) is 16.1 Å². The predicted octanol–water partition coefficient (Wildman–Crippen LogP) is 4.64. The molecule has 0 aliphatic rings. The lowest BCUT2D eigenvalue weighted by atomic mass is 10.2. The summed E-state index contributed by atoms with van der Waals surface area (Å²) in [6, 6.07) is 9.77. The van der Waals surface area contributed by atoms with Gasteiger partial charge in [-0.15, -0.1) is 0 Å². The lowest BCUT2D eigenvalue weighted by Gasteiger charge is -2.11. The molecule has 0 bridgehead atoms. The number of H-pyrrole nitrogens is 1. The van der Waals surface area contributed by atoms with Crippen molar-refractivity contribution < 1.29 is 17.5 Å². The Hall–Kier alpha value is -3.28. The van der Waals surface area contributed by atoms with E-state index in [2.05, 4.69) is 29.8 Å². The number of nitrogens with one attached hydrogen (secondary N) is 2. The number of benzene rings is 2. The highest BCUT2D eigenvalue weighted by Gasteiger charge is 2.20. The molecule has 0 atom stereocenters. The maximum Gasteiger partial charge on any atom is 0.264 e. The van der Waals surface area contributed by atoms with Crippen LogP contribution in [0.1, 0.15) is 18.5 Å². The van der Waals surface area contributed by atoms with Crippen molar-refractivity contribution in [3.05, 3.63) is 59.0 Å². The molecule has 0 fully saturated rings. The van der Waals surface area contributed by atoms with Gasteiger partial charge in [0.2, 0.25) is 5.88 Å². The van der Waals surface area contributed by atoms with Gasteiger partial charge in [0.25, 0.3) is 10.0 Å². The zero-order valence-electron chi connectivity index (χ0n) is 20.0. The van der Waals surface area contributed by atoms with Crippen LogP contribution in [-0.2, 0) is 10.0 Å². The van der Waals surface area contributed by atoms with E-state index in [1.165, 1.54) is 6.07 Å². The first-order valence-electron chi connectivity index (χ1n) is 11.2. The number of nitrogens with zero attached hydrogens (tertiary/aromatic N) is 4. The Morgan fingerprint density at radius 3 is 2.58 bits per heavy atom. The fourth-order valence-electron chi connectivity index (χ4n) is 3.55. The molecule has 2 aromatic heterocycles. The van der Waals surface area contributed by atoms with Gasteiger partial charge in [-0.1, -0.05) is 11.6 Å². The van der Waals surface area contributed by atoms with Gasteiger partial charge in [0.05, 0.1) is 12.3 Å². The minimum absolute atomic E-state index is 0.115. The van der Waals surface area contributed by atoms with Crippen molar-refractivity contribution in [3.8, 4) is 17.3 Å². The van der Waals surface area contributed by atoms with Crippen LogP contribution in [-0.4, -0.2) is 60.7 Å². The maximum atomic E-state index is 14.1. The van der Waals surface area contributed by atoms with Crippen LogP contribution in [0.5, 0.6) is 5.88 Å². The Bertz CT molecular complexity index is 1480. The van der Waals surface area contributed by atoms with Gasteiger partial charge < -0.3 is 9.64 Å². The van der Waals surface area contributed by atoms with Crippen molar-refractivity contribution >= 4 is 38.3 Å². The van der Waals surface area contributed by atoms with E-state index in [0.29, 0.717) is 29.5 Å². The minimum atomic E-state index is -4.17. The van der Waals surface area contributed by atoms with E-state index < -0.39 is 20.7 Å². The van der Waals surface area contributed by atoms with Gasteiger partial charge in [0.15, 0.2) is 11.5 Å². The molecular weight excluding hydrogens is 507 g/mol. The summed E-state index contributed by atoms with van der Waals surface area (Å²) in [4.78, 5) is 10.7. The number of anilines is 1. The van der Waals surface area contributed by atoms with Crippen LogP contribution in [0.25, 0.3) is 22.4 Å². The van der Waals surface area contributed by atoms with E-state index in [1.807, 2.05) is 21.0 Å². The first-order chi connectivity index (χ1) is 17.1. The third-order valence-corrected chi connectivity index (χ3v) is 7.02. The number of aryl methyl sites for hydroxylation is 1. The molecule has 12 heteroatoms. The molecule has 0 aliphatic carbocycles. The summed E-state index contributed by atoms with van der Waals surface area (Å²) in [6.07, 6.45) is 1.87. The molecule has 2 heterocycles. The largest absolute Gasteiger partial charge is 0.477 e. The number of halogens is 2. The zero-order valence-corrected chi connectivity index (χ0v) is 21.6. The van der Waals surface area contributed by atoms with Gasteiger partial charge >= 0.3 is 0 Å². The van der Waals surface area contributed by atoms with Crippen molar-refractivity contribution in [3.63, 3.8) is 0 Å². The number of rotatable bonds is 10. The van der Waals surface area contributed by atoms with Gasteiger partial charge in [-0.25, -0.2) is 17.8 Å². The fourth-order valence-corrected chi connectivity index (χ4v) is 4.95. The third kappa shape index (κ3) is 5.92. The Balaban J connectivity index is 1.55. The van der Waals surface area contributed by atoms with Gasteiger partial charge in [-0.05, 0) is 82.9 Å². The first kappa shape index (κ1) is 25.8. The van der Waals surface area contributed by atoms with Crippen molar-refractivity contribution in [1.82, 2.24) is 25.1 Å². The molecule has 190 valence electrons. The maximum absolute atomic E-state index is 14.1. The Labute approximate surface area is 213 Å². The summed E-state index contributed by atoms with van der Waals surface area (Å²) in [6.45, 7) is 3.33. The zero-order chi connectivity index (χ0) is 25.9. The van der Waals surface area contributed by atoms with Crippen molar-refractivity contribution in [2.24, 2.45) is 0 Å². The molecule has 2 N–H and O–H groups in total. The standard InChI is InChI=1S/C24H26ClFN6O3S/c1-15-21-23(30-29-15)27-22(28-24(21)35-13-5-4-12-32(2)3)16-6-9-18(10-7-16)31-36(33,34)20-14-17(25)8-11-19(20)26/h6-11,14,31H,4-5,12-13H2,1-3H3,(H,27,28,29,30). The average Bonchev–Trinajstić information content (AvgIpc) is 3.21. The molecule has 0 aliphatic heterocycles. The Morgan fingerprint density at radius 1 is 1.11 bits per heavy atom. The van der Waals surface area contributed by atoms with Gasteiger partial charge in [-0.3, -0.25) is 9.82 Å². The quantitative estimate of drug-likeness (QED) is 0.286. The molecule has 9 nitrogen and oxygen atoms in total. The van der Waals surface area contributed by atoms with Crippen LogP contribution >= 0.6 is 11.6 Å². The molecule has 0 saturated carbocycles. The molecule has 0 unspecified atom stereocenters. The second-order valence-electron chi connectivity index (χ2n) is 8.50. The second kappa shape index (κ2) is 10.8. The van der Waals surface area contributed by atoms with E-state index in [0.717, 1.165) is 42.6 Å². The van der Waals surface area contributed by atoms with E-state index in [9.17, 15) is 12.8 Å². The molecule has 4 rings (SSSR count). The van der Waals surface area contributed by atoms with Crippen molar-refractivity contribution in [1.29, 1.82) is 0 Å². The molecule has 0 saturated heterocycles. The topological polar surface area (TPSA) is 113 Å². The van der Waals surface area contributed by atoms with Crippen LogP contribution in [0, 0.1) is 12.7 Å². The summed E-state index contributed by atoms with van der Waals surface area (Å²) < 4.78 is 47.7. The molecule has 2 aromatic carbocycles. The number of unbranched alkanes of at least 4 members (excludes halogenated alkanes) is 1. The highest BCUT2D eigenvalue weighted by molar-refractivity contribution is 7.92. The first-order valence-corrected chi connectivity index (χ1v) is 13.1. The fraction of sp³-hybridized carbons (Fsp3) is 0.292. The van der Waals surface area contributed by atoms with Crippen molar-refractivity contribution in [2.75, 3.05) is 32.0 Å². The highest BCUT2D eigenvalue weighted by atomic mass is 35.5. The number of hydrogen-bond donors (Lipinski definition) is 2. The average molecular weight is 533 g/mol. The van der Waals surface area contributed by atoms with Crippen LogP contribution in [0.2, 0.25) is 5.02 Å². The number of ether oxygens (including phenoxy) is 1. The SMILES string of the molecule is Cc1n[nH]c2nc(-c3ccc(NS(=O)(=O)c4cc(Cl)ccc4F)cc3)nc(OCCCCN(C)C)c12. The second-order valence-corrected chi connectivity index (χ2v) is 10.6. The molecule has 0 spiro atoms. The number of aromatic nitrogens is 4. The number of fused-ring (bicyclic) bond motifs is 1. The number of aromatic amines is 1. The Kier molecular flexibility index (Phi) is 7.72. The molecule has 36 heavy (non-hydrogen) atoms. The minimum Gasteiger partial charge on any atom is -0.477 e. The summed E-state index contributed by atoms with van der Waals surface area (Å²) in [7, 11) is -0.115. The number of sulfonamides is 1. The van der Waals surface area contributed by atoms with Crippen LogP contribution < -0.4 is 9.46 Å². The van der Waals surface area contributed by atoms with Crippen LogP contribution in [0.15, 0.2) is 47.4 Å². The summed E-state index contributed by atoms with van der Waals surface area (Å²) in [5.41, 5.74) is 2.16. The van der Waals surface area contributed by atoms with Crippen LogP contribution in [0.4, 0.5) is 10.1 Å². The molecular formula is C24H26ClFN6O3S. The van der Waals surface area contributed by atoms with Crippen molar-refractivity contribution in [2.45, 2.75) is 24.7 Å². The van der Waals surface area contributed by atoms with E-state index >= 15 is 0 Å². The van der Waals surface area contributed by atoms with Crippen LogP contribution in [0.3, 0.4) is 0 Å².